The molecular weight excluding hydrogens is 392 g/mol. The average molecular weight is 405 g/mol. The lowest BCUT2D eigenvalue weighted by Crippen LogP contribution is -2.16. The molecule has 23 heavy (non-hydrogen) atoms. The summed E-state index contributed by atoms with van der Waals surface area (Å²) in [5.41, 5.74) is 2.27. The lowest BCUT2D eigenvalue weighted by molar-refractivity contribution is 0.100. The Morgan fingerprint density at radius 1 is 1.35 bits per heavy atom. The first-order chi connectivity index (χ1) is 11.1. The third kappa shape index (κ3) is 3.32. The number of terminal acetylenes is 1. The second-order valence-corrected chi connectivity index (χ2v) is 8.32. The first-order valence-electron chi connectivity index (χ1n) is 7.02. The van der Waals surface area contributed by atoms with Crippen LogP contribution in [0.2, 0.25) is 0 Å². The van der Waals surface area contributed by atoms with E-state index in [2.05, 4.69) is 45.9 Å². The van der Waals surface area contributed by atoms with E-state index >= 15 is 0 Å². The Kier molecular flexibility index (Phi) is 4.81. The van der Waals surface area contributed by atoms with Crippen molar-refractivity contribution in [2.75, 3.05) is 0 Å². The molecule has 0 N–H and O–H groups in total. The number of benzene rings is 1. The van der Waals surface area contributed by atoms with Crippen molar-refractivity contribution in [1.29, 1.82) is 0 Å². The highest BCUT2D eigenvalue weighted by atomic mass is 79.9. The Morgan fingerprint density at radius 2 is 2.17 bits per heavy atom. The number of amides is 1. The van der Waals surface area contributed by atoms with Crippen molar-refractivity contribution < 1.29 is 4.79 Å². The fourth-order valence-electron chi connectivity index (χ4n) is 2.24. The number of rotatable bonds is 3. The minimum absolute atomic E-state index is 0.242. The number of fused-ring (bicyclic) bond motifs is 1. The van der Waals surface area contributed by atoms with Crippen molar-refractivity contribution >= 4 is 54.7 Å². The molecule has 1 amide bonds. The summed E-state index contributed by atoms with van der Waals surface area (Å²) < 4.78 is 3.93. The number of hydrogen-bond donors (Lipinski definition) is 0. The Balaban J connectivity index is 2.15. The number of thiophene rings is 1. The Labute approximate surface area is 150 Å². The number of aromatic nitrogens is 1. The summed E-state index contributed by atoms with van der Waals surface area (Å²) in [4.78, 5) is 17.9. The molecule has 116 valence electrons. The average Bonchev–Trinajstić information content (AvgIpc) is 3.11. The second kappa shape index (κ2) is 6.83. The van der Waals surface area contributed by atoms with Crippen molar-refractivity contribution in [3.05, 3.63) is 49.4 Å². The van der Waals surface area contributed by atoms with Gasteiger partial charge in [-0.25, -0.2) is 0 Å². The van der Waals surface area contributed by atoms with Crippen LogP contribution in [0.15, 0.2) is 39.1 Å². The smallest absolute Gasteiger partial charge is 0.289 e. The molecular formula is C17H13BrN2OS2. The third-order valence-electron chi connectivity index (χ3n) is 3.39. The van der Waals surface area contributed by atoms with E-state index in [1.807, 2.05) is 16.7 Å². The molecule has 0 unspecified atom stereocenters. The number of halogens is 1. The summed E-state index contributed by atoms with van der Waals surface area (Å²) in [6.07, 6.45) is 6.45. The Morgan fingerprint density at radius 3 is 2.83 bits per heavy atom. The maximum absolute atomic E-state index is 12.3. The van der Waals surface area contributed by atoms with E-state index in [1.54, 1.807) is 6.07 Å². The molecule has 0 atom stereocenters. The van der Waals surface area contributed by atoms with Crippen LogP contribution >= 0.6 is 38.6 Å². The molecule has 0 aliphatic rings. The fraction of sp³-hybridized carbons (Fsp3) is 0.176. The number of carbonyl (C=O) groups excluding carboxylic acids is 1. The lowest BCUT2D eigenvalue weighted by atomic mass is 10.2. The summed E-state index contributed by atoms with van der Waals surface area (Å²) in [6, 6.07) is 9.89. The molecule has 0 saturated heterocycles. The highest BCUT2D eigenvalue weighted by Gasteiger charge is 2.10. The van der Waals surface area contributed by atoms with Gasteiger partial charge in [0.25, 0.3) is 5.91 Å². The van der Waals surface area contributed by atoms with Crippen molar-refractivity contribution in [2.24, 2.45) is 4.99 Å². The molecule has 3 rings (SSSR count). The number of aryl methyl sites for hydroxylation is 1. The van der Waals surface area contributed by atoms with Crippen LogP contribution in [0, 0.1) is 12.3 Å². The maximum atomic E-state index is 12.3. The van der Waals surface area contributed by atoms with Crippen LogP contribution in [-0.2, 0) is 13.0 Å². The van der Waals surface area contributed by atoms with E-state index in [-0.39, 0.29) is 5.91 Å². The SMILES string of the molecule is C#CCn1c(=NC(=O)c2ccc(Br)s2)sc2cc(CC)ccc21. The van der Waals surface area contributed by atoms with E-state index in [0.29, 0.717) is 16.2 Å². The summed E-state index contributed by atoms with van der Waals surface area (Å²) >= 11 is 6.24. The minimum atomic E-state index is -0.242. The standard InChI is InChI=1S/C17H13BrN2OS2/c1-3-9-20-12-6-5-11(4-2)10-14(12)23-17(20)19-16(21)13-7-8-15(18)22-13/h1,5-8,10H,4,9H2,2H3. The Bertz CT molecular complexity index is 988. The predicted molar refractivity (Wildman–Crippen MR) is 99.9 cm³/mol. The molecule has 0 bridgehead atoms. The maximum Gasteiger partial charge on any atom is 0.289 e. The molecule has 3 nitrogen and oxygen atoms in total. The van der Waals surface area contributed by atoms with E-state index < -0.39 is 0 Å². The van der Waals surface area contributed by atoms with Gasteiger partial charge in [-0.1, -0.05) is 30.2 Å². The third-order valence-corrected chi connectivity index (χ3v) is 6.04. The van der Waals surface area contributed by atoms with E-state index in [9.17, 15) is 4.79 Å². The van der Waals surface area contributed by atoms with E-state index in [4.69, 9.17) is 6.42 Å². The van der Waals surface area contributed by atoms with Gasteiger partial charge in [0.1, 0.15) is 0 Å². The van der Waals surface area contributed by atoms with Crippen LogP contribution in [-0.4, -0.2) is 10.5 Å². The molecule has 0 fully saturated rings. The van der Waals surface area contributed by atoms with E-state index in [0.717, 1.165) is 20.4 Å². The lowest BCUT2D eigenvalue weighted by Gasteiger charge is -2.00. The summed E-state index contributed by atoms with van der Waals surface area (Å²) in [7, 11) is 0. The van der Waals surface area contributed by atoms with Crippen LogP contribution in [0.4, 0.5) is 0 Å². The van der Waals surface area contributed by atoms with Crippen molar-refractivity contribution in [1.82, 2.24) is 4.57 Å². The van der Waals surface area contributed by atoms with Crippen molar-refractivity contribution in [3.63, 3.8) is 0 Å². The first-order valence-corrected chi connectivity index (χ1v) is 9.45. The normalized spacial score (nSPS) is 11.8. The van der Waals surface area contributed by atoms with Crippen molar-refractivity contribution in [3.8, 4) is 12.3 Å². The quantitative estimate of drug-likeness (QED) is 0.593. The molecule has 2 heterocycles. The van der Waals surface area contributed by atoms with Crippen molar-refractivity contribution in [2.45, 2.75) is 19.9 Å². The van der Waals surface area contributed by atoms with E-state index in [1.165, 1.54) is 28.2 Å². The highest BCUT2D eigenvalue weighted by molar-refractivity contribution is 9.11. The number of carbonyl (C=O) groups is 1. The van der Waals surface area contributed by atoms with Gasteiger partial charge in [-0.15, -0.1) is 17.8 Å². The van der Waals surface area contributed by atoms with Crippen LogP contribution in [0.5, 0.6) is 0 Å². The molecule has 2 aromatic heterocycles. The zero-order valence-corrected chi connectivity index (χ0v) is 15.6. The topological polar surface area (TPSA) is 34.4 Å². The van der Waals surface area contributed by atoms with Gasteiger partial charge >= 0.3 is 0 Å². The zero-order valence-electron chi connectivity index (χ0n) is 12.4. The van der Waals surface area contributed by atoms with Gasteiger partial charge in [0.15, 0.2) is 4.80 Å². The number of hydrogen-bond acceptors (Lipinski definition) is 3. The largest absolute Gasteiger partial charge is 0.305 e. The fourth-order valence-corrected chi connectivity index (χ4v) is 4.60. The second-order valence-electron chi connectivity index (χ2n) is 4.85. The monoisotopic (exact) mass is 404 g/mol. The molecule has 0 aliphatic heterocycles. The van der Waals surface area contributed by atoms with Crippen LogP contribution in [0.25, 0.3) is 10.2 Å². The molecule has 0 radical (unpaired) electrons. The van der Waals surface area contributed by atoms with Crippen LogP contribution < -0.4 is 4.80 Å². The Hall–Kier alpha value is -1.68. The zero-order chi connectivity index (χ0) is 16.4. The van der Waals surface area contributed by atoms with Gasteiger partial charge in [0.2, 0.25) is 0 Å². The van der Waals surface area contributed by atoms with Crippen LogP contribution in [0.3, 0.4) is 0 Å². The summed E-state index contributed by atoms with van der Waals surface area (Å²) in [6.45, 7) is 2.51. The van der Waals surface area contributed by atoms with Gasteiger partial charge in [-0.2, -0.15) is 4.99 Å². The summed E-state index contributed by atoms with van der Waals surface area (Å²) in [5, 5.41) is 0. The first kappa shape index (κ1) is 16.2. The summed E-state index contributed by atoms with van der Waals surface area (Å²) in [5.74, 6) is 2.40. The molecule has 6 heteroatoms. The molecule has 0 saturated carbocycles. The van der Waals surface area contributed by atoms with Gasteiger partial charge in [-0.3, -0.25) is 4.79 Å². The van der Waals surface area contributed by atoms with Gasteiger partial charge in [0.05, 0.1) is 25.4 Å². The predicted octanol–water partition coefficient (Wildman–Crippen LogP) is 4.46. The van der Waals surface area contributed by atoms with Crippen LogP contribution in [0.1, 0.15) is 22.2 Å². The molecule has 3 aromatic rings. The van der Waals surface area contributed by atoms with Gasteiger partial charge < -0.3 is 4.57 Å². The number of thiazole rings is 1. The number of nitrogens with zero attached hydrogens (tertiary/aromatic N) is 2. The van der Waals surface area contributed by atoms with Gasteiger partial charge in [0, 0.05) is 0 Å². The molecule has 1 aromatic carbocycles. The molecule has 0 spiro atoms. The minimum Gasteiger partial charge on any atom is -0.305 e. The van der Waals surface area contributed by atoms with Gasteiger partial charge in [-0.05, 0) is 52.2 Å². The molecule has 0 aliphatic carbocycles. The highest BCUT2D eigenvalue weighted by Crippen LogP contribution is 2.23.